The molecule has 0 radical (unpaired) electrons. The van der Waals surface area contributed by atoms with E-state index in [0.29, 0.717) is 17.4 Å². The van der Waals surface area contributed by atoms with E-state index in [1.807, 2.05) is 21.1 Å². The molecule has 2 unspecified atom stereocenters. The van der Waals surface area contributed by atoms with Crippen LogP contribution in [0.1, 0.15) is 206 Å². The van der Waals surface area contributed by atoms with Crippen molar-refractivity contribution < 1.29 is 42.1 Å². The van der Waals surface area contributed by atoms with Crippen LogP contribution < -0.4 is 4.89 Å². The van der Waals surface area contributed by atoms with Gasteiger partial charge in [-0.25, -0.2) is 0 Å². The molecule has 0 aromatic carbocycles. The molecule has 0 spiro atoms. The average Bonchev–Trinajstić information content (AvgIpc) is 3.23. The van der Waals surface area contributed by atoms with Gasteiger partial charge in [-0.1, -0.05) is 177 Å². The number of unbranched alkanes of at least 4 members (excludes halogenated alkanes) is 21. The number of carbonyl (C=O) groups is 2. The number of hydrogen-bond acceptors (Lipinski definition) is 8. The Labute approximate surface area is 381 Å². The van der Waals surface area contributed by atoms with Gasteiger partial charge in [0.1, 0.15) is 19.8 Å². The molecule has 0 bridgehead atoms. The van der Waals surface area contributed by atoms with Gasteiger partial charge in [0.2, 0.25) is 0 Å². The van der Waals surface area contributed by atoms with Gasteiger partial charge in [0, 0.05) is 12.8 Å². The normalized spacial score (nSPS) is 14.0. The van der Waals surface area contributed by atoms with Crippen LogP contribution in [-0.4, -0.2) is 70.0 Å². The number of quaternary nitrogens is 1. The molecule has 62 heavy (non-hydrogen) atoms. The molecule has 0 saturated heterocycles. The van der Waals surface area contributed by atoms with Crippen molar-refractivity contribution in [3.8, 4) is 0 Å². The Balaban J connectivity index is 4.27. The standard InChI is InChI=1S/C52H94NO8P/c1-6-8-10-12-14-16-18-20-22-23-24-25-26-27-28-29-31-33-35-37-39-41-43-45-52(55)61-50(49-60-62(56,57)59-47-46-53(3,4)5)48-58-51(54)44-42-40-38-36-34-32-30-21-19-17-15-13-11-9-7-2/h8,10,14,16,20-22,24-25,30,50H,6-7,9,11-13,15,17-19,23,26-29,31-49H2,1-5H3/b10-8-,16-14-,22-20-,25-24-,30-21-. The molecule has 2 atom stereocenters. The van der Waals surface area contributed by atoms with E-state index in [9.17, 15) is 19.0 Å². The third-order valence-electron chi connectivity index (χ3n) is 10.5. The lowest BCUT2D eigenvalue weighted by molar-refractivity contribution is -0.870. The Hall–Kier alpha value is -2.29. The zero-order valence-corrected chi connectivity index (χ0v) is 41.4. The van der Waals surface area contributed by atoms with Gasteiger partial charge in [0.15, 0.2) is 6.10 Å². The zero-order chi connectivity index (χ0) is 45.7. The number of likely N-dealkylation sites (N-methyl/N-ethyl adjacent to an activating group) is 1. The van der Waals surface area contributed by atoms with E-state index >= 15 is 0 Å². The van der Waals surface area contributed by atoms with Gasteiger partial charge in [0.25, 0.3) is 7.82 Å². The number of esters is 2. The molecule has 0 aliphatic carbocycles. The van der Waals surface area contributed by atoms with Crippen LogP contribution in [0.5, 0.6) is 0 Å². The first-order valence-corrected chi connectivity index (χ1v) is 26.5. The van der Waals surface area contributed by atoms with Gasteiger partial charge in [-0.3, -0.25) is 14.2 Å². The highest BCUT2D eigenvalue weighted by Crippen LogP contribution is 2.38. The summed E-state index contributed by atoms with van der Waals surface area (Å²) in [7, 11) is 1.15. The predicted octanol–water partition coefficient (Wildman–Crippen LogP) is 14.2. The molecule has 0 aliphatic rings. The van der Waals surface area contributed by atoms with Gasteiger partial charge >= 0.3 is 11.9 Å². The van der Waals surface area contributed by atoms with E-state index in [4.69, 9.17) is 18.5 Å². The highest BCUT2D eigenvalue weighted by molar-refractivity contribution is 7.45. The Morgan fingerprint density at radius 3 is 1.39 bits per heavy atom. The maximum absolute atomic E-state index is 12.7. The van der Waals surface area contributed by atoms with E-state index in [2.05, 4.69) is 74.6 Å². The average molecular weight is 892 g/mol. The third-order valence-corrected chi connectivity index (χ3v) is 11.5. The summed E-state index contributed by atoms with van der Waals surface area (Å²) in [5, 5.41) is 0. The van der Waals surface area contributed by atoms with Gasteiger partial charge in [0.05, 0.1) is 27.7 Å². The minimum Gasteiger partial charge on any atom is -0.756 e. The first-order chi connectivity index (χ1) is 30.0. The van der Waals surface area contributed by atoms with Gasteiger partial charge < -0.3 is 27.9 Å². The minimum absolute atomic E-state index is 0.0348. The summed E-state index contributed by atoms with van der Waals surface area (Å²) in [5.41, 5.74) is 0. The lowest BCUT2D eigenvalue weighted by atomic mass is 10.0. The number of carbonyl (C=O) groups excluding carboxylic acids is 2. The monoisotopic (exact) mass is 892 g/mol. The van der Waals surface area contributed by atoms with Crippen LogP contribution in [0.25, 0.3) is 0 Å². The van der Waals surface area contributed by atoms with Crippen molar-refractivity contribution in [1.82, 2.24) is 0 Å². The topological polar surface area (TPSA) is 111 Å². The van der Waals surface area contributed by atoms with Crippen molar-refractivity contribution >= 4 is 19.8 Å². The van der Waals surface area contributed by atoms with Gasteiger partial charge in [-0.15, -0.1) is 0 Å². The minimum atomic E-state index is -4.63. The van der Waals surface area contributed by atoms with Crippen LogP contribution in [0.2, 0.25) is 0 Å². The lowest BCUT2D eigenvalue weighted by Crippen LogP contribution is -2.37. The second kappa shape index (κ2) is 43.9. The maximum atomic E-state index is 12.7. The van der Waals surface area contributed by atoms with Crippen LogP contribution in [0.15, 0.2) is 60.8 Å². The highest BCUT2D eigenvalue weighted by Gasteiger charge is 2.21. The van der Waals surface area contributed by atoms with Crippen molar-refractivity contribution in [2.45, 2.75) is 213 Å². The summed E-state index contributed by atoms with van der Waals surface area (Å²) < 4.78 is 34.0. The first kappa shape index (κ1) is 59.7. The van der Waals surface area contributed by atoms with Crippen molar-refractivity contribution in [3.63, 3.8) is 0 Å². The first-order valence-electron chi connectivity index (χ1n) is 25.0. The molecule has 0 aromatic rings. The SMILES string of the molecule is CC/C=C\C/C=C\C/C=C\C/C=C\CCCCCCCCCCCCC(=O)OC(COC(=O)CCCCCCC/C=C\CCCCCCCC)COP(=O)([O-])OCC[N+](C)(C)C. The summed E-state index contributed by atoms with van der Waals surface area (Å²) in [6.45, 7) is 4.10. The molecule has 9 nitrogen and oxygen atoms in total. The molecule has 0 amide bonds. The smallest absolute Gasteiger partial charge is 0.306 e. The molecule has 0 N–H and O–H groups in total. The van der Waals surface area contributed by atoms with Crippen LogP contribution in [0.3, 0.4) is 0 Å². The quantitative estimate of drug-likeness (QED) is 0.0195. The van der Waals surface area contributed by atoms with Gasteiger partial charge in [-0.05, 0) is 77.0 Å². The number of ether oxygens (including phenoxy) is 2. The van der Waals surface area contributed by atoms with Crippen LogP contribution >= 0.6 is 7.82 Å². The summed E-state index contributed by atoms with van der Waals surface area (Å²) in [6, 6.07) is 0. The van der Waals surface area contributed by atoms with E-state index in [-0.39, 0.29) is 26.1 Å². The Morgan fingerprint density at radius 1 is 0.516 bits per heavy atom. The maximum Gasteiger partial charge on any atom is 0.306 e. The van der Waals surface area contributed by atoms with Crippen LogP contribution in [0.4, 0.5) is 0 Å². The number of phosphoric ester groups is 1. The fourth-order valence-corrected chi connectivity index (χ4v) is 7.37. The summed E-state index contributed by atoms with van der Waals surface area (Å²) in [4.78, 5) is 37.7. The second-order valence-electron chi connectivity index (χ2n) is 17.8. The predicted molar refractivity (Wildman–Crippen MR) is 259 cm³/mol. The number of rotatable bonds is 45. The third kappa shape index (κ3) is 47.2. The summed E-state index contributed by atoms with van der Waals surface area (Å²) in [6.07, 6.45) is 53.9. The Kier molecular flexibility index (Phi) is 42.3. The van der Waals surface area contributed by atoms with E-state index in [1.165, 1.54) is 83.5 Å². The van der Waals surface area contributed by atoms with Crippen molar-refractivity contribution in [3.05, 3.63) is 60.8 Å². The molecule has 360 valence electrons. The molecule has 0 saturated carbocycles. The fourth-order valence-electron chi connectivity index (χ4n) is 6.64. The number of allylic oxidation sites excluding steroid dienone is 10. The summed E-state index contributed by atoms with van der Waals surface area (Å²) in [5.74, 6) is -0.848. The zero-order valence-electron chi connectivity index (χ0n) is 40.6. The van der Waals surface area contributed by atoms with Gasteiger partial charge in [-0.2, -0.15) is 0 Å². The van der Waals surface area contributed by atoms with Crippen molar-refractivity contribution in [2.75, 3.05) is 47.5 Å². The Morgan fingerprint density at radius 2 is 0.919 bits per heavy atom. The summed E-state index contributed by atoms with van der Waals surface area (Å²) >= 11 is 0. The van der Waals surface area contributed by atoms with Crippen molar-refractivity contribution in [1.29, 1.82) is 0 Å². The lowest BCUT2D eigenvalue weighted by Gasteiger charge is -2.28. The molecule has 0 aromatic heterocycles. The fraction of sp³-hybridized carbons (Fsp3) is 0.769. The van der Waals surface area contributed by atoms with Crippen LogP contribution in [-0.2, 0) is 32.7 Å². The second-order valence-corrected chi connectivity index (χ2v) is 19.2. The van der Waals surface area contributed by atoms with E-state index < -0.39 is 32.5 Å². The number of nitrogens with zero attached hydrogens (tertiary/aromatic N) is 1. The van der Waals surface area contributed by atoms with Crippen molar-refractivity contribution in [2.24, 2.45) is 0 Å². The number of hydrogen-bond donors (Lipinski definition) is 0. The molecule has 0 rings (SSSR count). The highest BCUT2D eigenvalue weighted by atomic mass is 31.2. The molecular weight excluding hydrogens is 798 g/mol. The van der Waals surface area contributed by atoms with E-state index in [0.717, 1.165) is 89.9 Å². The van der Waals surface area contributed by atoms with E-state index in [1.54, 1.807) is 0 Å². The molecule has 0 heterocycles. The molecule has 10 heteroatoms. The molecule has 0 aliphatic heterocycles. The largest absolute Gasteiger partial charge is 0.756 e. The number of phosphoric acid groups is 1. The molecule has 0 fully saturated rings. The Bertz CT molecular complexity index is 1240. The molecular formula is C52H94NO8P. The van der Waals surface area contributed by atoms with Crippen LogP contribution in [0, 0.1) is 0 Å².